The summed E-state index contributed by atoms with van der Waals surface area (Å²) in [5.41, 5.74) is 0. The Morgan fingerprint density at radius 2 is 1.88 bits per heavy atom. The molecule has 3 heteroatoms. The summed E-state index contributed by atoms with van der Waals surface area (Å²) in [6, 6.07) is 0. The fourth-order valence-corrected chi connectivity index (χ4v) is 3.51. The third-order valence-electron chi connectivity index (χ3n) is 2.53. The summed E-state index contributed by atoms with van der Waals surface area (Å²) < 4.78 is 4.99. The van der Waals surface area contributed by atoms with E-state index in [4.69, 9.17) is 4.74 Å². The Kier molecular flexibility index (Phi) is 4.30. The van der Waals surface area contributed by atoms with Crippen molar-refractivity contribution in [3.8, 4) is 0 Å². The Balaban J connectivity index is 2.92. The monoisotopic (exact) mass is 236 g/mol. The van der Waals surface area contributed by atoms with Crippen molar-refractivity contribution in [1.82, 2.24) is 0 Å². The zero-order valence-corrected chi connectivity index (χ0v) is 11.5. The first-order valence-electron chi connectivity index (χ1n) is 5.69. The lowest BCUT2D eigenvalue weighted by atomic mass is 10.1. The predicted molar refractivity (Wildman–Crippen MR) is 69.8 cm³/mol. The van der Waals surface area contributed by atoms with Crippen LogP contribution >= 0.6 is 0 Å². The summed E-state index contributed by atoms with van der Waals surface area (Å²) in [6.45, 7) is 9.01. The van der Waals surface area contributed by atoms with Crippen molar-refractivity contribution in [3.63, 3.8) is 0 Å². The largest absolute Gasteiger partial charge is 0.463 e. The molecule has 2 nitrogen and oxygen atoms in total. The number of allylic oxidation sites excluding steroid dienone is 5. The quantitative estimate of drug-likeness (QED) is 0.426. The van der Waals surface area contributed by atoms with E-state index < -0.39 is 8.07 Å². The van der Waals surface area contributed by atoms with Crippen LogP contribution in [0.5, 0.6) is 0 Å². The lowest BCUT2D eigenvalue weighted by molar-refractivity contribution is -0.137. The second-order valence-corrected chi connectivity index (χ2v) is 9.97. The normalized spacial score (nSPS) is 16.9. The van der Waals surface area contributed by atoms with E-state index in [1.807, 2.05) is 19.1 Å². The number of rotatable bonds is 4. The standard InChI is InChI=1S/C13H20O2Si/c1-5-15-13(14)10-12(16(2,3)4)11-8-6-7-9-11/h6-11H,5H2,1-4H3/b12-10+. The van der Waals surface area contributed by atoms with Gasteiger partial charge in [-0.05, 0) is 6.92 Å². The smallest absolute Gasteiger partial charge is 0.330 e. The maximum absolute atomic E-state index is 11.5. The molecule has 0 unspecified atom stereocenters. The SMILES string of the molecule is CCOC(=O)/C=C(\C1C=CC=C1)[Si](C)(C)C. The summed E-state index contributed by atoms with van der Waals surface area (Å²) in [5.74, 6) is 0.0738. The van der Waals surface area contributed by atoms with Crippen LogP contribution in [0.4, 0.5) is 0 Å². The summed E-state index contributed by atoms with van der Waals surface area (Å²) >= 11 is 0. The summed E-state index contributed by atoms with van der Waals surface area (Å²) in [5, 5.41) is 1.23. The fourth-order valence-electron chi connectivity index (χ4n) is 1.76. The molecule has 0 aliphatic heterocycles. The molecule has 0 N–H and O–H groups in total. The first kappa shape index (κ1) is 13.0. The molecule has 0 amide bonds. The maximum atomic E-state index is 11.5. The van der Waals surface area contributed by atoms with Crippen LogP contribution in [-0.2, 0) is 9.53 Å². The molecular weight excluding hydrogens is 216 g/mol. The fraction of sp³-hybridized carbons (Fsp3) is 0.462. The highest BCUT2D eigenvalue weighted by atomic mass is 28.3. The zero-order valence-electron chi connectivity index (χ0n) is 10.5. The van der Waals surface area contributed by atoms with Gasteiger partial charge in [-0.15, -0.1) is 0 Å². The van der Waals surface area contributed by atoms with Crippen molar-refractivity contribution >= 4 is 14.0 Å². The van der Waals surface area contributed by atoms with Gasteiger partial charge in [-0.1, -0.05) is 49.1 Å². The minimum Gasteiger partial charge on any atom is -0.463 e. The third kappa shape index (κ3) is 3.49. The highest BCUT2D eigenvalue weighted by Crippen LogP contribution is 2.27. The maximum Gasteiger partial charge on any atom is 0.330 e. The van der Waals surface area contributed by atoms with Crippen LogP contribution in [0.15, 0.2) is 35.6 Å². The molecular formula is C13H20O2Si. The molecule has 0 atom stereocenters. The topological polar surface area (TPSA) is 26.3 Å². The van der Waals surface area contributed by atoms with E-state index in [-0.39, 0.29) is 11.9 Å². The molecule has 0 saturated heterocycles. The van der Waals surface area contributed by atoms with Crippen molar-refractivity contribution in [2.75, 3.05) is 6.61 Å². The molecule has 0 bridgehead atoms. The number of hydrogen-bond donors (Lipinski definition) is 0. The molecule has 0 heterocycles. The predicted octanol–water partition coefficient (Wildman–Crippen LogP) is 3.10. The van der Waals surface area contributed by atoms with Gasteiger partial charge < -0.3 is 4.74 Å². The van der Waals surface area contributed by atoms with Crippen LogP contribution in [-0.4, -0.2) is 20.7 Å². The third-order valence-corrected chi connectivity index (χ3v) is 4.74. The molecule has 1 rings (SSSR count). The molecule has 1 aliphatic rings. The van der Waals surface area contributed by atoms with Crippen molar-refractivity contribution in [1.29, 1.82) is 0 Å². The second kappa shape index (κ2) is 5.30. The number of carbonyl (C=O) groups is 1. The van der Waals surface area contributed by atoms with E-state index in [2.05, 4.69) is 31.8 Å². The Morgan fingerprint density at radius 3 is 2.31 bits per heavy atom. The summed E-state index contributed by atoms with van der Waals surface area (Å²) in [6.07, 6.45) is 10.0. The average Bonchev–Trinajstić information content (AvgIpc) is 2.65. The van der Waals surface area contributed by atoms with Gasteiger partial charge in [0.15, 0.2) is 0 Å². The van der Waals surface area contributed by atoms with E-state index in [1.165, 1.54) is 5.20 Å². The zero-order chi connectivity index (χ0) is 12.2. The van der Waals surface area contributed by atoms with Crippen LogP contribution < -0.4 is 0 Å². The van der Waals surface area contributed by atoms with E-state index >= 15 is 0 Å². The molecule has 0 aromatic heterocycles. The van der Waals surface area contributed by atoms with Crippen molar-refractivity contribution < 1.29 is 9.53 Å². The van der Waals surface area contributed by atoms with Gasteiger partial charge in [0, 0.05) is 12.0 Å². The van der Waals surface area contributed by atoms with Crippen molar-refractivity contribution in [2.45, 2.75) is 26.6 Å². The molecule has 0 fully saturated rings. The number of ether oxygens (including phenoxy) is 1. The van der Waals surface area contributed by atoms with Crippen molar-refractivity contribution in [3.05, 3.63) is 35.6 Å². The number of esters is 1. The average molecular weight is 236 g/mol. The van der Waals surface area contributed by atoms with Gasteiger partial charge in [0.05, 0.1) is 14.7 Å². The van der Waals surface area contributed by atoms with Gasteiger partial charge in [0.25, 0.3) is 0 Å². The summed E-state index contributed by atoms with van der Waals surface area (Å²) in [4.78, 5) is 11.5. The first-order chi connectivity index (χ1) is 7.45. The minimum atomic E-state index is -1.49. The number of hydrogen-bond acceptors (Lipinski definition) is 2. The van der Waals surface area contributed by atoms with E-state index in [0.717, 1.165) is 0 Å². The van der Waals surface area contributed by atoms with Gasteiger partial charge >= 0.3 is 5.97 Å². The Bertz CT molecular complexity index is 333. The number of carbonyl (C=O) groups excluding carboxylic acids is 1. The van der Waals surface area contributed by atoms with Crippen LogP contribution in [0, 0.1) is 5.92 Å². The molecule has 88 valence electrons. The van der Waals surface area contributed by atoms with E-state index in [1.54, 1.807) is 6.08 Å². The molecule has 0 spiro atoms. The Labute approximate surface area is 98.7 Å². The Morgan fingerprint density at radius 1 is 1.31 bits per heavy atom. The van der Waals surface area contributed by atoms with Crippen LogP contribution in [0.3, 0.4) is 0 Å². The second-order valence-electron chi connectivity index (χ2n) is 4.90. The van der Waals surface area contributed by atoms with Gasteiger partial charge in [-0.2, -0.15) is 0 Å². The lowest BCUT2D eigenvalue weighted by Crippen LogP contribution is -2.28. The van der Waals surface area contributed by atoms with Gasteiger partial charge in [0.2, 0.25) is 0 Å². The van der Waals surface area contributed by atoms with E-state index in [0.29, 0.717) is 6.61 Å². The molecule has 16 heavy (non-hydrogen) atoms. The molecule has 0 radical (unpaired) electrons. The highest BCUT2D eigenvalue weighted by Gasteiger charge is 2.26. The van der Waals surface area contributed by atoms with Crippen LogP contribution in [0.1, 0.15) is 6.92 Å². The van der Waals surface area contributed by atoms with Gasteiger partial charge in [0.1, 0.15) is 0 Å². The Hall–Kier alpha value is -1.09. The highest BCUT2D eigenvalue weighted by molar-refractivity contribution is 6.83. The minimum absolute atomic E-state index is 0.214. The first-order valence-corrected chi connectivity index (χ1v) is 9.19. The van der Waals surface area contributed by atoms with Gasteiger partial charge in [-0.3, -0.25) is 0 Å². The van der Waals surface area contributed by atoms with Crippen LogP contribution in [0.25, 0.3) is 0 Å². The van der Waals surface area contributed by atoms with Crippen molar-refractivity contribution in [2.24, 2.45) is 5.92 Å². The molecule has 0 saturated carbocycles. The van der Waals surface area contributed by atoms with E-state index in [9.17, 15) is 4.79 Å². The van der Waals surface area contributed by atoms with Gasteiger partial charge in [-0.25, -0.2) is 4.79 Å². The lowest BCUT2D eigenvalue weighted by Gasteiger charge is -2.24. The molecule has 0 aromatic carbocycles. The summed E-state index contributed by atoms with van der Waals surface area (Å²) in [7, 11) is -1.49. The molecule has 1 aliphatic carbocycles. The molecule has 0 aromatic rings. The van der Waals surface area contributed by atoms with Crippen LogP contribution in [0.2, 0.25) is 19.6 Å².